The van der Waals surface area contributed by atoms with E-state index >= 15 is 0 Å². The predicted molar refractivity (Wildman–Crippen MR) is 75.9 cm³/mol. The summed E-state index contributed by atoms with van der Waals surface area (Å²) in [6.45, 7) is 9.27. The van der Waals surface area contributed by atoms with Gasteiger partial charge in [-0.25, -0.2) is 0 Å². The minimum atomic E-state index is 0.417. The molecular formula is C15H21N3. The number of aromatic nitrogens is 2. The maximum absolute atomic E-state index is 4.53. The summed E-state index contributed by atoms with van der Waals surface area (Å²) in [6, 6.07) is 8.93. The van der Waals surface area contributed by atoms with E-state index in [-0.39, 0.29) is 0 Å². The van der Waals surface area contributed by atoms with Crippen LogP contribution in [0.25, 0.3) is 0 Å². The highest BCUT2D eigenvalue weighted by atomic mass is 15.3. The first-order valence-electron chi connectivity index (χ1n) is 6.41. The largest absolute Gasteiger partial charge is 0.379 e. The van der Waals surface area contributed by atoms with Gasteiger partial charge in [-0.1, -0.05) is 17.7 Å². The Kier molecular flexibility index (Phi) is 3.70. The third kappa shape index (κ3) is 2.92. The summed E-state index contributed by atoms with van der Waals surface area (Å²) in [7, 11) is 0. The van der Waals surface area contributed by atoms with E-state index in [0.29, 0.717) is 6.04 Å². The zero-order valence-electron chi connectivity index (χ0n) is 11.6. The van der Waals surface area contributed by atoms with Crippen molar-refractivity contribution in [3.63, 3.8) is 0 Å². The first kappa shape index (κ1) is 12.7. The van der Waals surface area contributed by atoms with Crippen molar-refractivity contribution in [2.24, 2.45) is 0 Å². The van der Waals surface area contributed by atoms with Crippen LogP contribution in [0.3, 0.4) is 0 Å². The van der Waals surface area contributed by atoms with Gasteiger partial charge in [0, 0.05) is 17.9 Å². The maximum Gasteiger partial charge on any atom is 0.0815 e. The van der Waals surface area contributed by atoms with E-state index in [2.05, 4.69) is 62.4 Å². The molecular weight excluding hydrogens is 222 g/mol. The highest BCUT2D eigenvalue weighted by molar-refractivity contribution is 5.51. The smallest absolute Gasteiger partial charge is 0.0815 e. The molecule has 0 saturated carbocycles. The van der Waals surface area contributed by atoms with Gasteiger partial charge in [-0.2, -0.15) is 5.10 Å². The summed E-state index contributed by atoms with van der Waals surface area (Å²) in [5.41, 5.74) is 4.82. The molecule has 96 valence electrons. The molecule has 1 aromatic heterocycles. The van der Waals surface area contributed by atoms with Gasteiger partial charge in [0.1, 0.15) is 0 Å². The molecule has 2 aromatic rings. The average molecular weight is 243 g/mol. The van der Waals surface area contributed by atoms with E-state index in [1.165, 1.54) is 16.8 Å². The number of aryl methyl sites for hydroxylation is 2. The highest BCUT2D eigenvalue weighted by Crippen LogP contribution is 2.16. The van der Waals surface area contributed by atoms with E-state index < -0.39 is 0 Å². The number of anilines is 1. The quantitative estimate of drug-likeness (QED) is 0.887. The molecule has 0 radical (unpaired) electrons. The first-order chi connectivity index (χ1) is 8.56. The number of nitrogens with one attached hydrogen (secondary N) is 1. The fourth-order valence-electron chi connectivity index (χ4n) is 1.96. The van der Waals surface area contributed by atoms with Crippen LogP contribution in [0.1, 0.15) is 36.7 Å². The lowest BCUT2D eigenvalue weighted by Crippen LogP contribution is -2.05. The van der Waals surface area contributed by atoms with E-state index in [4.69, 9.17) is 0 Å². The molecule has 0 amide bonds. The van der Waals surface area contributed by atoms with Crippen molar-refractivity contribution in [2.75, 3.05) is 5.32 Å². The van der Waals surface area contributed by atoms with Crippen LogP contribution in [0.15, 0.2) is 30.5 Å². The lowest BCUT2D eigenvalue weighted by Gasteiger charge is -2.09. The standard InChI is InChI=1S/C15H21N3/c1-11(2)18-8-7-14(17-18)10-16-15-6-5-12(3)9-13(15)4/h5-9,11,16H,10H2,1-4H3. The van der Waals surface area contributed by atoms with Crippen molar-refractivity contribution < 1.29 is 0 Å². The molecule has 2 rings (SSSR count). The zero-order valence-corrected chi connectivity index (χ0v) is 11.6. The summed E-state index contributed by atoms with van der Waals surface area (Å²) < 4.78 is 1.99. The van der Waals surface area contributed by atoms with Crippen LogP contribution in [-0.4, -0.2) is 9.78 Å². The molecule has 1 aromatic carbocycles. The molecule has 0 aliphatic heterocycles. The van der Waals surface area contributed by atoms with Gasteiger partial charge in [-0.05, 0) is 45.4 Å². The Labute approximate surface area is 109 Å². The van der Waals surface area contributed by atoms with Crippen molar-refractivity contribution in [2.45, 2.75) is 40.3 Å². The normalized spacial score (nSPS) is 10.9. The Balaban J connectivity index is 2.02. The number of nitrogens with zero attached hydrogens (tertiary/aromatic N) is 2. The molecule has 3 nitrogen and oxygen atoms in total. The Morgan fingerprint density at radius 1 is 1.22 bits per heavy atom. The Morgan fingerprint density at radius 2 is 2.00 bits per heavy atom. The third-order valence-electron chi connectivity index (χ3n) is 3.03. The second kappa shape index (κ2) is 5.25. The Morgan fingerprint density at radius 3 is 2.61 bits per heavy atom. The molecule has 1 heterocycles. The van der Waals surface area contributed by atoms with E-state index in [9.17, 15) is 0 Å². The summed E-state index contributed by atoms with van der Waals surface area (Å²) in [5, 5.41) is 7.96. The second-order valence-corrected chi connectivity index (χ2v) is 5.05. The van der Waals surface area contributed by atoms with Gasteiger partial charge in [-0.3, -0.25) is 4.68 Å². The number of hydrogen-bond donors (Lipinski definition) is 1. The van der Waals surface area contributed by atoms with Crippen LogP contribution in [0, 0.1) is 13.8 Å². The van der Waals surface area contributed by atoms with Crippen molar-refractivity contribution in [1.29, 1.82) is 0 Å². The van der Waals surface area contributed by atoms with Crippen LogP contribution in [0.2, 0.25) is 0 Å². The Hall–Kier alpha value is -1.77. The van der Waals surface area contributed by atoms with Gasteiger partial charge in [0.25, 0.3) is 0 Å². The number of hydrogen-bond acceptors (Lipinski definition) is 2. The first-order valence-corrected chi connectivity index (χ1v) is 6.41. The summed E-state index contributed by atoms with van der Waals surface area (Å²) in [4.78, 5) is 0. The predicted octanol–water partition coefficient (Wildman–Crippen LogP) is 3.69. The molecule has 0 unspecified atom stereocenters. The minimum Gasteiger partial charge on any atom is -0.379 e. The molecule has 0 aliphatic rings. The van der Waals surface area contributed by atoms with Crippen LogP contribution < -0.4 is 5.32 Å². The Bertz CT molecular complexity index is 526. The molecule has 0 saturated heterocycles. The molecule has 0 spiro atoms. The van der Waals surface area contributed by atoms with Gasteiger partial charge in [0.15, 0.2) is 0 Å². The van der Waals surface area contributed by atoms with Gasteiger partial charge < -0.3 is 5.32 Å². The lowest BCUT2D eigenvalue weighted by molar-refractivity contribution is 0.527. The van der Waals surface area contributed by atoms with Gasteiger partial charge in [-0.15, -0.1) is 0 Å². The summed E-state index contributed by atoms with van der Waals surface area (Å²) in [6.07, 6.45) is 2.03. The van der Waals surface area contributed by atoms with Crippen molar-refractivity contribution in [1.82, 2.24) is 9.78 Å². The summed E-state index contributed by atoms with van der Waals surface area (Å²) in [5.74, 6) is 0. The van der Waals surface area contributed by atoms with Crippen LogP contribution >= 0.6 is 0 Å². The molecule has 0 fully saturated rings. The van der Waals surface area contributed by atoms with E-state index in [0.717, 1.165) is 12.2 Å². The number of rotatable bonds is 4. The topological polar surface area (TPSA) is 29.9 Å². The van der Waals surface area contributed by atoms with E-state index in [1.54, 1.807) is 0 Å². The fourth-order valence-corrected chi connectivity index (χ4v) is 1.96. The van der Waals surface area contributed by atoms with Gasteiger partial charge >= 0.3 is 0 Å². The van der Waals surface area contributed by atoms with Gasteiger partial charge in [0.2, 0.25) is 0 Å². The SMILES string of the molecule is Cc1ccc(NCc2ccn(C(C)C)n2)c(C)c1. The van der Waals surface area contributed by atoms with Crippen molar-refractivity contribution in [3.05, 3.63) is 47.3 Å². The molecule has 3 heteroatoms. The molecule has 0 atom stereocenters. The minimum absolute atomic E-state index is 0.417. The maximum atomic E-state index is 4.53. The van der Waals surface area contributed by atoms with Crippen molar-refractivity contribution >= 4 is 5.69 Å². The number of benzene rings is 1. The van der Waals surface area contributed by atoms with Gasteiger partial charge in [0.05, 0.1) is 12.2 Å². The monoisotopic (exact) mass is 243 g/mol. The van der Waals surface area contributed by atoms with Crippen molar-refractivity contribution in [3.8, 4) is 0 Å². The third-order valence-corrected chi connectivity index (χ3v) is 3.03. The zero-order chi connectivity index (χ0) is 13.1. The molecule has 1 N–H and O–H groups in total. The summed E-state index contributed by atoms with van der Waals surface area (Å²) >= 11 is 0. The second-order valence-electron chi connectivity index (χ2n) is 5.05. The van der Waals surface area contributed by atoms with Crippen LogP contribution in [-0.2, 0) is 6.54 Å². The molecule has 18 heavy (non-hydrogen) atoms. The average Bonchev–Trinajstić information content (AvgIpc) is 2.76. The molecule has 0 bridgehead atoms. The molecule has 0 aliphatic carbocycles. The highest BCUT2D eigenvalue weighted by Gasteiger charge is 2.03. The fraction of sp³-hybridized carbons (Fsp3) is 0.400. The van der Waals surface area contributed by atoms with Crippen LogP contribution in [0.4, 0.5) is 5.69 Å². The lowest BCUT2D eigenvalue weighted by atomic mass is 10.1. The van der Waals surface area contributed by atoms with E-state index in [1.807, 2.05) is 10.9 Å². The van der Waals surface area contributed by atoms with Crippen LogP contribution in [0.5, 0.6) is 0 Å².